The molecule has 1 unspecified atom stereocenters. The number of anilines is 1. The lowest BCUT2D eigenvalue weighted by Crippen LogP contribution is -2.51. The fourth-order valence-corrected chi connectivity index (χ4v) is 5.41. The first-order valence-electron chi connectivity index (χ1n) is 13.1. The van der Waals surface area contributed by atoms with Crippen LogP contribution in [0.5, 0.6) is 5.75 Å². The fourth-order valence-electron chi connectivity index (χ4n) is 3.99. The first-order chi connectivity index (χ1) is 18.7. The Morgan fingerprint density at radius 1 is 0.923 bits per heavy atom. The van der Waals surface area contributed by atoms with Crippen molar-refractivity contribution in [3.05, 3.63) is 90.0 Å². The zero-order chi connectivity index (χ0) is 28.4. The lowest BCUT2D eigenvalue weighted by Gasteiger charge is -2.32. The number of carbonyl (C=O) groups is 2. The number of para-hydroxylation sites is 1. The van der Waals surface area contributed by atoms with Crippen LogP contribution in [0.4, 0.5) is 5.69 Å². The average molecular weight is 552 g/mol. The van der Waals surface area contributed by atoms with Crippen molar-refractivity contribution in [1.82, 2.24) is 10.2 Å². The van der Waals surface area contributed by atoms with Crippen molar-refractivity contribution in [3.63, 3.8) is 0 Å². The minimum absolute atomic E-state index is 0.0291. The molecule has 1 atom stereocenters. The van der Waals surface area contributed by atoms with Gasteiger partial charge in [-0.2, -0.15) is 0 Å². The second kappa shape index (κ2) is 13.8. The second-order valence-corrected chi connectivity index (χ2v) is 11.1. The van der Waals surface area contributed by atoms with E-state index < -0.39 is 28.5 Å². The Kier molecular flexibility index (Phi) is 10.5. The standard InChI is InChI=1S/C30H37N3O5S/c1-5-20-31-30(35)24(4)32(21-25-14-12-23(3)13-15-25)29(34)22-33(26-10-8-7-9-11-26)39(36,37)28-18-16-27(17-19-28)38-6-2/h7-19,24H,5-6,20-22H2,1-4H3,(H,31,35). The minimum atomic E-state index is -4.12. The number of ether oxygens (including phenoxy) is 1. The first-order valence-corrected chi connectivity index (χ1v) is 14.5. The molecule has 1 N–H and O–H groups in total. The number of hydrogen-bond acceptors (Lipinski definition) is 5. The summed E-state index contributed by atoms with van der Waals surface area (Å²) in [7, 11) is -4.12. The van der Waals surface area contributed by atoms with Gasteiger partial charge in [0, 0.05) is 13.1 Å². The van der Waals surface area contributed by atoms with Crippen LogP contribution in [-0.4, -0.2) is 50.9 Å². The van der Waals surface area contributed by atoms with Crippen LogP contribution in [-0.2, 0) is 26.2 Å². The van der Waals surface area contributed by atoms with E-state index in [9.17, 15) is 18.0 Å². The molecule has 0 spiro atoms. The molecule has 0 bridgehead atoms. The molecule has 0 aliphatic carbocycles. The third-order valence-corrected chi connectivity index (χ3v) is 8.02. The molecule has 39 heavy (non-hydrogen) atoms. The highest BCUT2D eigenvalue weighted by atomic mass is 32.2. The van der Waals surface area contributed by atoms with Gasteiger partial charge in [-0.05, 0) is 69.2 Å². The highest BCUT2D eigenvalue weighted by molar-refractivity contribution is 7.92. The van der Waals surface area contributed by atoms with Gasteiger partial charge in [0.2, 0.25) is 11.8 Å². The summed E-state index contributed by atoms with van der Waals surface area (Å²) in [6.45, 7) is 8.04. The molecule has 0 saturated carbocycles. The molecule has 0 radical (unpaired) electrons. The van der Waals surface area contributed by atoms with E-state index in [2.05, 4.69) is 5.32 Å². The third-order valence-electron chi connectivity index (χ3n) is 6.24. The highest BCUT2D eigenvalue weighted by Crippen LogP contribution is 2.26. The summed E-state index contributed by atoms with van der Waals surface area (Å²) in [4.78, 5) is 28.2. The predicted octanol–water partition coefficient (Wildman–Crippen LogP) is 4.53. The summed E-state index contributed by atoms with van der Waals surface area (Å²) in [5, 5.41) is 2.84. The molecule has 0 fully saturated rings. The first kappa shape index (κ1) is 29.7. The number of benzene rings is 3. The van der Waals surface area contributed by atoms with Crippen molar-refractivity contribution >= 4 is 27.5 Å². The summed E-state index contributed by atoms with van der Waals surface area (Å²) >= 11 is 0. The normalized spacial score (nSPS) is 11.9. The van der Waals surface area contributed by atoms with Crippen molar-refractivity contribution in [1.29, 1.82) is 0 Å². The number of aryl methyl sites for hydroxylation is 1. The van der Waals surface area contributed by atoms with Gasteiger partial charge in [-0.25, -0.2) is 8.42 Å². The van der Waals surface area contributed by atoms with Gasteiger partial charge >= 0.3 is 0 Å². The van der Waals surface area contributed by atoms with E-state index in [-0.39, 0.29) is 17.3 Å². The molecule has 0 aliphatic heterocycles. The lowest BCUT2D eigenvalue weighted by atomic mass is 10.1. The van der Waals surface area contributed by atoms with E-state index in [1.165, 1.54) is 17.0 Å². The Morgan fingerprint density at radius 2 is 1.56 bits per heavy atom. The van der Waals surface area contributed by atoms with E-state index in [1.807, 2.05) is 45.0 Å². The fraction of sp³-hybridized carbons (Fsp3) is 0.333. The second-order valence-electron chi connectivity index (χ2n) is 9.23. The molecule has 2 amide bonds. The highest BCUT2D eigenvalue weighted by Gasteiger charge is 2.32. The van der Waals surface area contributed by atoms with Crippen LogP contribution >= 0.6 is 0 Å². The van der Waals surface area contributed by atoms with Crippen LogP contribution in [0.25, 0.3) is 0 Å². The summed E-state index contributed by atoms with van der Waals surface area (Å²) in [5.41, 5.74) is 2.25. The van der Waals surface area contributed by atoms with Crippen molar-refractivity contribution in [2.45, 2.75) is 51.6 Å². The number of amides is 2. The Bertz CT molecular complexity index is 1330. The number of sulfonamides is 1. The van der Waals surface area contributed by atoms with Crippen LogP contribution in [0.15, 0.2) is 83.8 Å². The van der Waals surface area contributed by atoms with Crippen molar-refractivity contribution < 1.29 is 22.7 Å². The Hall–Kier alpha value is -3.85. The minimum Gasteiger partial charge on any atom is -0.494 e. The van der Waals surface area contributed by atoms with Crippen LogP contribution in [0.2, 0.25) is 0 Å². The van der Waals surface area contributed by atoms with Crippen LogP contribution in [0, 0.1) is 6.92 Å². The predicted molar refractivity (Wildman–Crippen MR) is 153 cm³/mol. The molecular weight excluding hydrogens is 514 g/mol. The van der Waals surface area contributed by atoms with Gasteiger partial charge < -0.3 is 15.0 Å². The maximum atomic E-state index is 13.9. The molecular formula is C30H37N3O5S. The van der Waals surface area contributed by atoms with Crippen LogP contribution < -0.4 is 14.4 Å². The summed E-state index contributed by atoms with van der Waals surface area (Å²) < 4.78 is 34.2. The molecule has 8 nitrogen and oxygen atoms in total. The molecule has 3 rings (SSSR count). The zero-order valence-electron chi connectivity index (χ0n) is 23.0. The number of nitrogens with zero attached hydrogens (tertiary/aromatic N) is 2. The topological polar surface area (TPSA) is 96.0 Å². The largest absolute Gasteiger partial charge is 0.494 e. The monoisotopic (exact) mass is 551 g/mol. The summed E-state index contributed by atoms with van der Waals surface area (Å²) in [5.74, 6) is -0.235. The maximum absolute atomic E-state index is 13.9. The van der Waals surface area contributed by atoms with Gasteiger partial charge in [0.25, 0.3) is 10.0 Å². The van der Waals surface area contributed by atoms with E-state index in [0.717, 1.165) is 21.9 Å². The molecule has 0 saturated heterocycles. The number of carbonyl (C=O) groups excluding carboxylic acids is 2. The molecule has 0 aromatic heterocycles. The van der Waals surface area contributed by atoms with Gasteiger partial charge in [-0.15, -0.1) is 0 Å². The number of rotatable bonds is 13. The van der Waals surface area contributed by atoms with Crippen molar-refractivity contribution in [3.8, 4) is 5.75 Å². The van der Waals surface area contributed by atoms with E-state index in [4.69, 9.17) is 4.74 Å². The summed E-state index contributed by atoms with van der Waals surface area (Å²) in [6.07, 6.45) is 0.756. The lowest BCUT2D eigenvalue weighted by molar-refractivity contribution is -0.139. The Morgan fingerprint density at radius 3 is 2.15 bits per heavy atom. The molecule has 0 aliphatic rings. The van der Waals surface area contributed by atoms with Crippen LogP contribution in [0.3, 0.4) is 0 Å². The van der Waals surface area contributed by atoms with Gasteiger partial charge in [0.15, 0.2) is 0 Å². The summed E-state index contributed by atoms with van der Waals surface area (Å²) in [6, 6.07) is 21.5. The van der Waals surface area contributed by atoms with Crippen LogP contribution in [0.1, 0.15) is 38.3 Å². The molecule has 208 valence electrons. The number of nitrogens with one attached hydrogen (secondary N) is 1. The SMILES string of the molecule is CCCNC(=O)C(C)N(Cc1ccc(C)cc1)C(=O)CN(c1ccccc1)S(=O)(=O)c1ccc(OCC)cc1. The average Bonchev–Trinajstić information content (AvgIpc) is 2.94. The molecule has 9 heteroatoms. The third kappa shape index (κ3) is 7.83. The zero-order valence-corrected chi connectivity index (χ0v) is 23.8. The maximum Gasteiger partial charge on any atom is 0.264 e. The smallest absolute Gasteiger partial charge is 0.264 e. The van der Waals surface area contributed by atoms with Gasteiger partial charge in [0.05, 0.1) is 17.2 Å². The quantitative estimate of drug-likeness (QED) is 0.337. The van der Waals surface area contributed by atoms with Gasteiger partial charge in [-0.1, -0.05) is 55.0 Å². The van der Waals surface area contributed by atoms with E-state index in [0.29, 0.717) is 24.6 Å². The Labute approximate surface area is 231 Å². The van der Waals surface area contributed by atoms with E-state index in [1.54, 1.807) is 49.4 Å². The van der Waals surface area contributed by atoms with Crippen molar-refractivity contribution in [2.24, 2.45) is 0 Å². The number of hydrogen-bond donors (Lipinski definition) is 1. The molecule has 0 heterocycles. The van der Waals surface area contributed by atoms with Crippen molar-refractivity contribution in [2.75, 3.05) is 24.0 Å². The van der Waals surface area contributed by atoms with Gasteiger partial charge in [-0.3, -0.25) is 13.9 Å². The Balaban J connectivity index is 1.97. The van der Waals surface area contributed by atoms with E-state index >= 15 is 0 Å². The van der Waals surface area contributed by atoms with Gasteiger partial charge in [0.1, 0.15) is 18.3 Å². The molecule has 3 aromatic carbocycles. The molecule has 3 aromatic rings.